The molecule has 3 aromatic carbocycles. The van der Waals surface area contributed by atoms with Crippen LogP contribution in [0.15, 0.2) is 71.1 Å². The Morgan fingerprint density at radius 1 is 0.800 bits per heavy atom. The van der Waals surface area contributed by atoms with Gasteiger partial charge in [0.1, 0.15) is 28.5 Å². The first-order valence-corrected chi connectivity index (χ1v) is 9.09. The van der Waals surface area contributed by atoms with Crippen LogP contribution in [0, 0.1) is 18.6 Å². The fraction of sp³-hybridized carbons (Fsp3) is 0.0435. The highest BCUT2D eigenvalue weighted by molar-refractivity contribution is 6.17. The first-order chi connectivity index (χ1) is 14.4. The third kappa shape index (κ3) is 3.65. The topological polar surface area (TPSA) is 71.3 Å². The maximum Gasteiger partial charge on any atom is 0.293 e. The van der Waals surface area contributed by atoms with Gasteiger partial charge in [0.05, 0.1) is 0 Å². The Labute approximate surface area is 170 Å². The maximum atomic E-state index is 14.0. The van der Waals surface area contributed by atoms with Gasteiger partial charge in [0.15, 0.2) is 0 Å². The first-order valence-electron chi connectivity index (χ1n) is 9.09. The number of aryl methyl sites for hydroxylation is 1. The largest absolute Gasteiger partial charge is 0.449 e. The summed E-state index contributed by atoms with van der Waals surface area (Å²) < 4.78 is 33.7. The molecule has 0 atom stereocenters. The van der Waals surface area contributed by atoms with Gasteiger partial charge < -0.3 is 15.1 Å². The zero-order chi connectivity index (χ0) is 21.3. The molecule has 150 valence electrons. The molecule has 4 aromatic rings. The van der Waals surface area contributed by atoms with Crippen molar-refractivity contribution in [1.82, 2.24) is 0 Å². The van der Waals surface area contributed by atoms with Gasteiger partial charge in [-0.3, -0.25) is 9.59 Å². The minimum Gasteiger partial charge on any atom is -0.449 e. The summed E-state index contributed by atoms with van der Waals surface area (Å²) in [5.41, 5.74) is 1.19. The molecule has 0 radical (unpaired) electrons. The summed E-state index contributed by atoms with van der Waals surface area (Å²) in [5.74, 6) is -3.83. The number of hydrogen-bond donors (Lipinski definition) is 2. The Balaban J connectivity index is 1.72. The number of anilines is 2. The monoisotopic (exact) mass is 406 g/mol. The summed E-state index contributed by atoms with van der Waals surface area (Å²) in [7, 11) is 0. The standard InChI is InChI=1S/C23H16F2N2O3/c1-13-9-11-14(12-10-13)26-23(29)21-20(15-5-2-3-8-18(15)30-21)27-22(28)19-16(24)6-4-7-17(19)25/h2-12H,1H3,(H,26,29)(H,27,28). The highest BCUT2D eigenvalue weighted by Crippen LogP contribution is 2.32. The minimum atomic E-state index is -1.03. The quantitative estimate of drug-likeness (QED) is 0.469. The van der Waals surface area contributed by atoms with Gasteiger partial charge in [0, 0.05) is 11.1 Å². The van der Waals surface area contributed by atoms with Crippen molar-refractivity contribution in [1.29, 1.82) is 0 Å². The Morgan fingerprint density at radius 2 is 1.47 bits per heavy atom. The van der Waals surface area contributed by atoms with Crippen molar-refractivity contribution in [2.24, 2.45) is 0 Å². The van der Waals surface area contributed by atoms with E-state index in [0.717, 1.165) is 23.8 Å². The Hall–Kier alpha value is -4.00. The highest BCUT2D eigenvalue weighted by atomic mass is 19.1. The summed E-state index contributed by atoms with van der Waals surface area (Å²) in [6, 6.07) is 16.9. The van der Waals surface area contributed by atoms with Crippen molar-refractivity contribution in [3.63, 3.8) is 0 Å². The van der Waals surface area contributed by atoms with Crippen LogP contribution in [0.5, 0.6) is 0 Å². The van der Waals surface area contributed by atoms with Crippen molar-refractivity contribution in [2.45, 2.75) is 6.92 Å². The van der Waals surface area contributed by atoms with Crippen molar-refractivity contribution < 1.29 is 22.8 Å². The van der Waals surface area contributed by atoms with Gasteiger partial charge >= 0.3 is 0 Å². The molecule has 0 saturated heterocycles. The SMILES string of the molecule is Cc1ccc(NC(=O)c2oc3ccccc3c2NC(=O)c2c(F)cccc2F)cc1. The van der Waals surface area contributed by atoms with Gasteiger partial charge in [-0.25, -0.2) is 8.78 Å². The average Bonchev–Trinajstić information content (AvgIpc) is 3.08. The van der Waals surface area contributed by atoms with Crippen LogP contribution in [-0.4, -0.2) is 11.8 Å². The second kappa shape index (κ2) is 7.79. The second-order valence-electron chi connectivity index (χ2n) is 6.67. The summed E-state index contributed by atoms with van der Waals surface area (Å²) >= 11 is 0. The van der Waals surface area contributed by atoms with Crippen LogP contribution in [0.3, 0.4) is 0 Å². The number of halogens is 2. The zero-order valence-corrected chi connectivity index (χ0v) is 15.8. The molecule has 4 rings (SSSR count). The molecular weight excluding hydrogens is 390 g/mol. The van der Waals surface area contributed by atoms with Crippen molar-refractivity contribution in [3.8, 4) is 0 Å². The Morgan fingerprint density at radius 3 is 2.17 bits per heavy atom. The normalized spacial score (nSPS) is 10.8. The molecule has 0 unspecified atom stereocenters. The predicted octanol–water partition coefficient (Wildman–Crippen LogP) is 5.52. The van der Waals surface area contributed by atoms with Crippen LogP contribution in [0.2, 0.25) is 0 Å². The summed E-state index contributed by atoms with van der Waals surface area (Å²) in [4.78, 5) is 25.4. The maximum absolute atomic E-state index is 14.0. The molecule has 5 nitrogen and oxygen atoms in total. The van der Waals surface area contributed by atoms with E-state index in [4.69, 9.17) is 4.42 Å². The number of amides is 2. The number of fused-ring (bicyclic) bond motifs is 1. The fourth-order valence-corrected chi connectivity index (χ4v) is 3.04. The molecule has 1 aromatic heterocycles. The van der Waals surface area contributed by atoms with Gasteiger partial charge in [0.25, 0.3) is 11.8 Å². The summed E-state index contributed by atoms with van der Waals surface area (Å²) in [6.45, 7) is 1.92. The van der Waals surface area contributed by atoms with E-state index in [1.807, 2.05) is 19.1 Å². The number of nitrogens with one attached hydrogen (secondary N) is 2. The van der Waals surface area contributed by atoms with Crippen LogP contribution >= 0.6 is 0 Å². The lowest BCUT2D eigenvalue weighted by molar-refractivity contribution is 0.0999. The zero-order valence-electron chi connectivity index (χ0n) is 15.8. The Bertz CT molecular complexity index is 1240. The van der Waals surface area contributed by atoms with E-state index in [-0.39, 0.29) is 11.4 Å². The van der Waals surface area contributed by atoms with Crippen LogP contribution in [0.4, 0.5) is 20.2 Å². The molecular formula is C23H16F2N2O3. The molecule has 2 amide bonds. The van der Waals surface area contributed by atoms with Gasteiger partial charge in [-0.15, -0.1) is 0 Å². The number of carbonyl (C=O) groups excluding carboxylic acids is 2. The third-order valence-corrected chi connectivity index (χ3v) is 4.54. The molecule has 2 N–H and O–H groups in total. The molecule has 7 heteroatoms. The first kappa shape index (κ1) is 19.3. The Kier molecular flexibility index (Phi) is 5.02. The molecule has 0 saturated carbocycles. The van der Waals surface area contributed by atoms with Gasteiger partial charge in [-0.05, 0) is 43.3 Å². The molecule has 0 bridgehead atoms. The smallest absolute Gasteiger partial charge is 0.293 e. The average molecular weight is 406 g/mol. The lowest BCUT2D eigenvalue weighted by Gasteiger charge is -2.09. The molecule has 0 spiro atoms. The molecule has 0 aliphatic rings. The highest BCUT2D eigenvalue weighted by Gasteiger charge is 2.25. The summed E-state index contributed by atoms with van der Waals surface area (Å²) in [6.07, 6.45) is 0. The van der Waals surface area contributed by atoms with Crippen molar-refractivity contribution in [3.05, 3.63) is 95.3 Å². The van der Waals surface area contributed by atoms with E-state index < -0.39 is 29.0 Å². The lowest BCUT2D eigenvalue weighted by atomic mass is 10.1. The molecule has 0 aliphatic carbocycles. The van der Waals surface area contributed by atoms with E-state index in [9.17, 15) is 18.4 Å². The van der Waals surface area contributed by atoms with Gasteiger partial charge in [0.2, 0.25) is 5.76 Å². The van der Waals surface area contributed by atoms with Crippen LogP contribution in [0.1, 0.15) is 26.5 Å². The molecule has 30 heavy (non-hydrogen) atoms. The van der Waals surface area contributed by atoms with Crippen LogP contribution < -0.4 is 10.6 Å². The number of para-hydroxylation sites is 1. The second-order valence-corrected chi connectivity index (χ2v) is 6.67. The third-order valence-electron chi connectivity index (χ3n) is 4.54. The fourth-order valence-electron chi connectivity index (χ4n) is 3.04. The van der Waals surface area contributed by atoms with E-state index in [1.54, 1.807) is 36.4 Å². The number of rotatable bonds is 4. The van der Waals surface area contributed by atoms with Crippen LogP contribution in [-0.2, 0) is 0 Å². The van der Waals surface area contributed by atoms with Crippen molar-refractivity contribution in [2.75, 3.05) is 10.6 Å². The molecule has 0 fully saturated rings. The number of benzene rings is 3. The minimum absolute atomic E-state index is 0.0304. The van der Waals surface area contributed by atoms with E-state index in [1.165, 1.54) is 0 Å². The van der Waals surface area contributed by atoms with E-state index in [2.05, 4.69) is 10.6 Å². The number of furan rings is 1. The van der Waals surface area contributed by atoms with E-state index in [0.29, 0.717) is 16.7 Å². The molecule has 0 aliphatic heterocycles. The van der Waals surface area contributed by atoms with E-state index >= 15 is 0 Å². The lowest BCUT2D eigenvalue weighted by Crippen LogP contribution is -2.19. The van der Waals surface area contributed by atoms with Crippen LogP contribution in [0.25, 0.3) is 11.0 Å². The summed E-state index contributed by atoms with van der Waals surface area (Å²) in [5, 5.41) is 5.55. The van der Waals surface area contributed by atoms with Crippen molar-refractivity contribution >= 4 is 34.2 Å². The predicted molar refractivity (Wildman–Crippen MR) is 110 cm³/mol. The van der Waals surface area contributed by atoms with Gasteiger partial charge in [-0.2, -0.15) is 0 Å². The molecule has 1 heterocycles. The number of hydrogen-bond acceptors (Lipinski definition) is 3. The number of carbonyl (C=O) groups is 2. The van der Waals surface area contributed by atoms with Gasteiger partial charge in [-0.1, -0.05) is 35.9 Å².